The number of hydrogen-bond donors (Lipinski definition) is 3. The first-order chi connectivity index (χ1) is 9.38. The van der Waals surface area contributed by atoms with Crippen molar-refractivity contribution in [2.24, 2.45) is 5.73 Å². The molecule has 0 radical (unpaired) electrons. The van der Waals surface area contributed by atoms with Crippen LogP contribution in [0.4, 0.5) is 5.69 Å². The highest BCUT2D eigenvalue weighted by atomic mass is 35.5. The van der Waals surface area contributed by atoms with Gasteiger partial charge in [-0.1, -0.05) is 11.6 Å². The van der Waals surface area contributed by atoms with Crippen LogP contribution < -0.4 is 16.8 Å². The van der Waals surface area contributed by atoms with E-state index in [-0.39, 0.29) is 18.4 Å². The van der Waals surface area contributed by atoms with Crippen LogP contribution in [0.25, 0.3) is 10.1 Å². The molecule has 0 saturated carbocycles. The summed E-state index contributed by atoms with van der Waals surface area (Å²) in [6.07, 6.45) is 0.0857. The highest BCUT2D eigenvalue weighted by Crippen LogP contribution is 2.35. The maximum Gasteiger partial charge on any atom is 0.263 e. The molecule has 0 fully saturated rings. The summed E-state index contributed by atoms with van der Waals surface area (Å²) in [7, 11) is 0. The Kier molecular flexibility index (Phi) is 4.15. The first kappa shape index (κ1) is 14.6. The average molecular weight is 312 g/mol. The Morgan fingerprint density at radius 1 is 1.45 bits per heavy atom. The van der Waals surface area contributed by atoms with Gasteiger partial charge in [0.25, 0.3) is 5.91 Å². The molecule has 20 heavy (non-hydrogen) atoms. The van der Waals surface area contributed by atoms with E-state index in [1.54, 1.807) is 19.1 Å². The molecule has 2 aromatic rings. The molecule has 106 valence electrons. The molecular weight excluding hydrogens is 298 g/mol. The first-order valence-corrected chi connectivity index (χ1v) is 7.14. The Balaban J connectivity index is 2.26. The van der Waals surface area contributed by atoms with Crippen LogP contribution in [-0.2, 0) is 4.79 Å². The average Bonchev–Trinajstić information content (AvgIpc) is 2.65. The van der Waals surface area contributed by atoms with Crippen LogP contribution >= 0.6 is 22.9 Å². The summed E-state index contributed by atoms with van der Waals surface area (Å²) >= 11 is 7.21. The Labute approximate surface area is 124 Å². The molecular formula is C13H14ClN3O2S. The molecule has 5 N–H and O–H groups in total. The van der Waals surface area contributed by atoms with Gasteiger partial charge >= 0.3 is 0 Å². The topological polar surface area (TPSA) is 98.2 Å². The minimum atomic E-state index is -0.464. The van der Waals surface area contributed by atoms with E-state index in [0.717, 1.165) is 10.1 Å². The van der Waals surface area contributed by atoms with Crippen LogP contribution in [0.2, 0.25) is 5.02 Å². The van der Waals surface area contributed by atoms with E-state index >= 15 is 0 Å². The normalized spacial score (nSPS) is 12.3. The highest BCUT2D eigenvalue weighted by molar-refractivity contribution is 7.21. The molecule has 0 aliphatic heterocycles. The fourth-order valence-corrected chi connectivity index (χ4v) is 3.08. The van der Waals surface area contributed by atoms with E-state index in [1.165, 1.54) is 11.3 Å². The number of carbonyl (C=O) groups is 2. The number of amides is 2. The van der Waals surface area contributed by atoms with Gasteiger partial charge in [-0.25, -0.2) is 0 Å². The van der Waals surface area contributed by atoms with Crippen molar-refractivity contribution < 1.29 is 9.59 Å². The van der Waals surface area contributed by atoms with Gasteiger partial charge in [-0.05, 0) is 25.1 Å². The summed E-state index contributed by atoms with van der Waals surface area (Å²) in [5.41, 5.74) is 11.5. The van der Waals surface area contributed by atoms with Gasteiger partial charge in [0.2, 0.25) is 5.91 Å². The summed E-state index contributed by atoms with van der Waals surface area (Å²) in [5.74, 6) is -0.775. The highest BCUT2D eigenvalue weighted by Gasteiger charge is 2.18. The summed E-state index contributed by atoms with van der Waals surface area (Å²) < 4.78 is 0.889. The number of benzene rings is 1. The van der Waals surface area contributed by atoms with Crippen LogP contribution in [0, 0.1) is 0 Å². The number of halogens is 1. The maximum atomic E-state index is 12.1. The number of primary amides is 1. The molecule has 1 aromatic carbocycles. The zero-order chi connectivity index (χ0) is 14.9. The van der Waals surface area contributed by atoms with E-state index in [0.29, 0.717) is 15.6 Å². The van der Waals surface area contributed by atoms with E-state index in [2.05, 4.69) is 5.32 Å². The standard InChI is InChI=1S/C13H14ClN3O2S/c1-6(4-10(15)18)17-13(19)12-11(16)8-5-7(14)2-3-9(8)20-12/h2-3,5-6H,4,16H2,1H3,(H2,15,18)(H,17,19). The molecule has 1 aromatic heterocycles. The predicted octanol–water partition coefficient (Wildman–Crippen LogP) is 2.13. The van der Waals surface area contributed by atoms with Gasteiger partial charge in [-0.2, -0.15) is 0 Å². The van der Waals surface area contributed by atoms with Gasteiger partial charge in [0.05, 0.1) is 5.69 Å². The SMILES string of the molecule is CC(CC(N)=O)NC(=O)c1sc2ccc(Cl)cc2c1N. The number of hydrogen-bond acceptors (Lipinski definition) is 4. The number of nitrogen functional groups attached to an aromatic ring is 1. The molecule has 0 aliphatic carbocycles. The minimum absolute atomic E-state index is 0.0857. The largest absolute Gasteiger partial charge is 0.397 e. The molecule has 1 unspecified atom stereocenters. The van der Waals surface area contributed by atoms with Crippen molar-refractivity contribution in [3.05, 3.63) is 28.1 Å². The van der Waals surface area contributed by atoms with Crippen molar-refractivity contribution >= 4 is 50.5 Å². The first-order valence-electron chi connectivity index (χ1n) is 5.95. The Morgan fingerprint density at radius 2 is 2.15 bits per heavy atom. The van der Waals surface area contributed by atoms with Gasteiger partial charge in [0.1, 0.15) is 4.88 Å². The van der Waals surface area contributed by atoms with Crippen molar-refractivity contribution in [1.82, 2.24) is 5.32 Å². The van der Waals surface area contributed by atoms with Crippen molar-refractivity contribution in [3.63, 3.8) is 0 Å². The van der Waals surface area contributed by atoms with Crippen LogP contribution in [0.15, 0.2) is 18.2 Å². The smallest absolute Gasteiger partial charge is 0.263 e. The fourth-order valence-electron chi connectivity index (χ4n) is 1.90. The third-order valence-electron chi connectivity index (χ3n) is 2.78. The molecule has 1 heterocycles. The lowest BCUT2D eigenvalue weighted by Gasteiger charge is -2.11. The number of fused-ring (bicyclic) bond motifs is 1. The lowest BCUT2D eigenvalue weighted by atomic mass is 10.2. The second-order valence-corrected chi connectivity index (χ2v) is 6.02. The second-order valence-electron chi connectivity index (χ2n) is 4.53. The monoisotopic (exact) mass is 311 g/mol. The summed E-state index contributed by atoms with van der Waals surface area (Å²) in [4.78, 5) is 23.4. The third-order valence-corrected chi connectivity index (χ3v) is 4.20. The molecule has 7 heteroatoms. The molecule has 5 nitrogen and oxygen atoms in total. The number of thiophene rings is 1. The van der Waals surface area contributed by atoms with Gasteiger partial charge in [-0.3, -0.25) is 9.59 Å². The fraction of sp³-hybridized carbons (Fsp3) is 0.231. The lowest BCUT2D eigenvalue weighted by Crippen LogP contribution is -2.35. The van der Waals surface area contributed by atoms with E-state index in [9.17, 15) is 9.59 Å². The van der Waals surface area contributed by atoms with Crippen molar-refractivity contribution in [2.45, 2.75) is 19.4 Å². The summed E-state index contributed by atoms with van der Waals surface area (Å²) in [6, 6.07) is 4.96. The van der Waals surface area contributed by atoms with Crippen LogP contribution in [0.5, 0.6) is 0 Å². The molecule has 0 bridgehead atoms. The van der Waals surface area contributed by atoms with E-state index < -0.39 is 5.91 Å². The number of anilines is 1. The summed E-state index contributed by atoms with van der Waals surface area (Å²) in [5, 5.41) is 4.03. The maximum absolute atomic E-state index is 12.1. The molecule has 2 rings (SSSR count). The van der Waals surface area contributed by atoms with E-state index in [1.807, 2.05) is 6.07 Å². The molecule has 2 amide bonds. The zero-order valence-electron chi connectivity index (χ0n) is 10.8. The Morgan fingerprint density at radius 3 is 2.80 bits per heavy atom. The molecule has 0 aliphatic rings. The third kappa shape index (κ3) is 3.02. The van der Waals surface area contributed by atoms with Crippen molar-refractivity contribution in [2.75, 3.05) is 5.73 Å². The summed E-state index contributed by atoms with van der Waals surface area (Å²) in [6.45, 7) is 1.71. The van der Waals surface area contributed by atoms with Crippen molar-refractivity contribution in [3.8, 4) is 0 Å². The molecule has 1 atom stereocenters. The van der Waals surface area contributed by atoms with Crippen LogP contribution in [-0.4, -0.2) is 17.9 Å². The number of rotatable bonds is 4. The molecule has 0 spiro atoms. The quantitative estimate of drug-likeness (QED) is 0.806. The van der Waals surface area contributed by atoms with Crippen LogP contribution in [0.1, 0.15) is 23.0 Å². The minimum Gasteiger partial charge on any atom is -0.397 e. The van der Waals surface area contributed by atoms with Crippen LogP contribution in [0.3, 0.4) is 0 Å². The molecule has 0 saturated heterocycles. The zero-order valence-corrected chi connectivity index (χ0v) is 12.3. The van der Waals surface area contributed by atoms with Crippen molar-refractivity contribution in [1.29, 1.82) is 0 Å². The number of nitrogens with one attached hydrogen (secondary N) is 1. The number of carbonyl (C=O) groups excluding carboxylic acids is 2. The van der Waals surface area contributed by atoms with Gasteiger partial charge < -0.3 is 16.8 Å². The number of nitrogens with two attached hydrogens (primary N) is 2. The van der Waals surface area contributed by atoms with Gasteiger partial charge in [0, 0.05) is 27.6 Å². The van der Waals surface area contributed by atoms with Gasteiger partial charge in [-0.15, -0.1) is 11.3 Å². The second kappa shape index (κ2) is 5.68. The Hall–Kier alpha value is -1.79. The van der Waals surface area contributed by atoms with E-state index in [4.69, 9.17) is 23.1 Å². The lowest BCUT2D eigenvalue weighted by molar-refractivity contribution is -0.118. The predicted molar refractivity (Wildman–Crippen MR) is 82.0 cm³/mol. The Bertz CT molecular complexity index is 684. The van der Waals surface area contributed by atoms with Gasteiger partial charge in [0.15, 0.2) is 0 Å².